The van der Waals surface area contributed by atoms with Gasteiger partial charge in [0, 0.05) is 6.54 Å². The molecule has 2 heterocycles. The zero-order valence-corrected chi connectivity index (χ0v) is 22.6. The van der Waals surface area contributed by atoms with Crippen LogP contribution in [0.4, 0.5) is 28.0 Å². The summed E-state index contributed by atoms with van der Waals surface area (Å²) in [6.07, 6.45) is 6.12. The second-order valence-corrected chi connectivity index (χ2v) is 12.0. The van der Waals surface area contributed by atoms with Crippen LogP contribution in [0.1, 0.15) is 66.1 Å². The first-order valence-electron chi connectivity index (χ1n) is 13.0. The summed E-state index contributed by atoms with van der Waals surface area (Å²) in [6.45, 7) is -0.718. The van der Waals surface area contributed by atoms with Crippen molar-refractivity contribution in [2.24, 2.45) is 0 Å². The standard InChI is InChI=1S/C27H24F5N3O6S/c28-19-20(29)22(31)24(23(32)21(19)30)42(39,40)35-11-10-18(35)25(36)34(27-33-17(13-41-27)26(37)38)12-14-6-8-16(9-7-14)15-4-2-1-3-5-15/h6-9,13,15,18H,1-5,10-12H2,(H,37,38). The number of carbonyl (C=O) groups excluding carboxylic acids is 1. The number of aromatic carboxylic acids is 1. The Balaban J connectivity index is 1.45. The first kappa shape index (κ1) is 29.6. The number of rotatable bonds is 8. The molecule has 0 spiro atoms. The van der Waals surface area contributed by atoms with Gasteiger partial charge in [0.05, 0.1) is 6.54 Å². The van der Waals surface area contributed by atoms with E-state index in [1.54, 1.807) is 12.1 Å². The number of hydrogen-bond acceptors (Lipinski definition) is 6. The number of carboxylic acid groups (broad SMARTS) is 1. The topological polar surface area (TPSA) is 121 Å². The zero-order valence-electron chi connectivity index (χ0n) is 21.8. The molecule has 1 saturated carbocycles. The van der Waals surface area contributed by atoms with Crippen molar-refractivity contribution in [3.05, 3.63) is 76.4 Å². The minimum absolute atomic E-state index is 0.170. The van der Waals surface area contributed by atoms with E-state index < -0.39 is 80.2 Å². The van der Waals surface area contributed by atoms with Crippen LogP contribution in [0.15, 0.2) is 39.8 Å². The number of anilines is 1. The van der Waals surface area contributed by atoms with Gasteiger partial charge in [-0.25, -0.2) is 35.2 Å². The van der Waals surface area contributed by atoms with Crippen molar-refractivity contribution in [1.82, 2.24) is 9.29 Å². The first-order valence-corrected chi connectivity index (χ1v) is 14.5. The first-order chi connectivity index (χ1) is 19.9. The molecular weight excluding hydrogens is 589 g/mol. The lowest BCUT2D eigenvalue weighted by molar-refractivity contribution is -0.125. The average molecular weight is 614 g/mol. The molecule has 1 unspecified atom stereocenters. The Morgan fingerprint density at radius 1 is 0.929 bits per heavy atom. The predicted octanol–water partition coefficient (Wildman–Crippen LogP) is 5.11. The Morgan fingerprint density at radius 2 is 1.52 bits per heavy atom. The molecule has 5 rings (SSSR count). The van der Waals surface area contributed by atoms with Crippen LogP contribution in [-0.2, 0) is 21.4 Å². The highest BCUT2D eigenvalue weighted by atomic mass is 32.2. The lowest BCUT2D eigenvalue weighted by Gasteiger charge is -2.40. The van der Waals surface area contributed by atoms with Crippen LogP contribution >= 0.6 is 0 Å². The largest absolute Gasteiger partial charge is 0.476 e. The molecular formula is C27H24F5N3O6S. The molecule has 42 heavy (non-hydrogen) atoms. The fraction of sp³-hybridized carbons (Fsp3) is 0.370. The molecule has 15 heteroatoms. The molecule has 0 radical (unpaired) electrons. The fourth-order valence-corrected chi connectivity index (χ4v) is 6.99. The molecule has 1 N–H and O–H groups in total. The molecule has 2 fully saturated rings. The minimum atomic E-state index is -5.39. The van der Waals surface area contributed by atoms with Gasteiger partial charge in [-0.15, -0.1) is 0 Å². The maximum Gasteiger partial charge on any atom is 0.357 e. The number of aromatic nitrogens is 1. The molecule has 224 valence electrons. The van der Waals surface area contributed by atoms with Crippen molar-refractivity contribution in [3.8, 4) is 0 Å². The second-order valence-electron chi connectivity index (χ2n) is 10.1. The van der Waals surface area contributed by atoms with Gasteiger partial charge >= 0.3 is 12.0 Å². The van der Waals surface area contributed by atoms with Gasteiger partial charge in [-0.05, 0) is 36.3 Å². The Bertz CT molecular complexity index is 1610. The summed E-state index contributed by atoms with van der Waals surface area (Å²) in [4.78, 5) is 27.6. The van der Waals surface area contributed by atoms with E-state index in [1.807, 2.05) is 12.1 Å². The normalized spacial score (nSPS) is 18.1. The van der Waals surface area contributed by atoms with E-state index in [0.29, 0.717) is 15.8 Å². The van der Waals surface area contributed by atoms with E-state index in [-0.39, 0.29) is 13.0 Å². The number of halogens is 5. The lowest BCUT2D eigenvalue weighted by atomic mass is 9.84. The summed E-state index contributed by atoms with van der Waals surface area (Å²) >= 11 is 0. The van der Waals surface area contributed by atoms with Crippen LogP contribution in [0.25, 0.3) is 0 Å². The summed E-state index contributed by atoms with van der Waals surface area (Å²) in [5, 5.41) is 9.25. The van der Waals surface area contributed by atoms with Crippen LogP contribution in [0, 0.1) is 29.1 Å². The number of carboxylic acids is 1. The Labute approximate surface area is 236 Å². The number of oxazole rings is 1. The highest BCUT2D eigenvalue weighted by molar-refractivity contribution is 7.89. The molecule has 1 aliphatic carbocycles. The number of hydrogen-bond donors (Lipinski definition) is 1. The Morgan fingerprint density at radius 3 is 2.05 bits per heavy atom. The van der Waals surface area contributed by atoms with Gasteiger partial charge in [0.2, 0.25) is 21.7 Å². The van der Waals surface area contributed by atoms with Gasteiger partial charge in [0.25, 0.3) is 0 Å². The van der Waals surface area contributed by atoms with Crippen molar-refractivity contribution in [2.75, 3.05) is 11.4 Å². The van der Waals surface area contributed by atoms with Gasteiger partial charge < -0.3 is 9.52 Å². The predicted molar refractivity (Wildman–Crippen MR) is 135 cm³/mol. The monoisotopic (exact) mass is 613 g/mol. The van der Waals surface area contributed by atoms with E-state index in [2.05, 4.69) is 4.98 Å². The highest BCUT2D eigenvalue weighted by Gasteiger charge is 2.48. The molecule has 2 aliphatic rings. The minimum Gasteiger partial charge on any atom is -0.476 e. The van der Waals surface area contributed by atoms with E-state index in [9.17, 15) is 45.1 Å². The molecule has 3 aromatic rings. The number of nitrogens with zero attached hydrogens (tertiary/aromatic N) is 3. The maximum atomic E-state index is 14.4. The third kappa shape index (κ3) is 5.26. The number of sulfonamides is 1. The zero-order chi connectivity index (χ0) is 30.3. The second kappa shape index (κ2) is 11.4. The summed E-state index contributed by atoms with van der Waals surface area (Å²) in [7, 11) is -5.39. The lowest BCUT2D eigenvalue weighted by Crippen LogP contribution is -2.59. The number of carbonyl (C=O) groups is 2. The smallest absolute Gasteiger partial charge is 0.357 e. The van der Waals surface area contributed by atoms with Crippen LogP contribution in [0.5, 0.6) is 0 Å². The summed E-state index contributed by atoms with van der Waals surface area (Å²) < 4.78 is 102. The molecule has 1 aromatic heterocycles. The SMILES string of the molecule is O=C(O)c1coc(N(Cc2ccc(C3CCCCC3)cc2)C(=O)C2CCN2S(=O)(=O)c2c(F)c(F)c(F)c(F)c2F)n1. The summed E-state index contributed by atoms with van der Waals surface area (Å²) in [5.74, 6) is -14.6. The molecule has 1 amide bonds. The number of benzene rings is 2. The van der Waals surface area contributed by atoms with Crippen molar-refractivity contribution >= 4 is 27.9 Å². The van der Waals surface area contributed by atoms with E-state index in [1.165, 1.54) is 6.42 Å². The summed E-state index contributed by atoms with van der Waals surface area (Å²) in [5.41, 5.74) is 1.11. The van der Waals surface area contributed by atoms with Crippen LogP contribution in [0.2, 0.25) is 0 Å². The molecule has 0 bridgehead atoms. The summed E-state index contributed by atoms with van der Waals surface area (Å²) in [6, 6.07) is 5.16. The third-order valence-corrected chi connectivity index (χ3v) is 9.53. The Kier molecular flexibility index (Phi) is 8.07. The third-order valence-electron chi connectivity index (χ3n) is 7.60. The molecule has 1 atom stereocenters. The highest BCUT2D eigenvalue weighted by Crippen LogP contribution is 2.36. The molecule has 1 saturated heterocycles. The van der Waals surface area contributed by atoms with E-state index in [0.717, 1.165) is 42.4 Å². The van der Waals surface area contributed by atoms with Gasteiger partial charge in [-0.1, -0.05) is 43.5 Å². The van der Waals surface area contributed by atoms with E-state index in [4.69, 9.17) is 4.42 Å². The fourth-order valence-electron chi connectivity index (χ4n) is 5.25. The van der Waals surface area contributed by atoms with Gasteiger partial charge in [0.1, 0.15) is 12.3 Å². The van der Waals surface area contributed by atoms with Crippen molar-refractivity contribution in [3.63, 3.8) is 0 Å². The molecule has 1 aliphatic heterocycles. The number of amides is 1. The van der Waals surface area contributed by atoms with Crippen molar-refractivity contribution < 1.29 is 49.5 Å². The molecule has 2 aromatic carbocycles. The van der Waals surface area contributed by atoms with Gasteiger partial charge in [-0.2, -0.15) is 9.29 Å². The van der Waals surface area contributed by atoms with Gasteiger partial charge in [0.15, 0.2) is 33.9 Å². The van der Waals surface area contributed by atoms with Crippen LogP contribution in [-0.4, -0.2) is 47.3 Å². The maximum absolute atomic E-state index is 14.4. The van der Waals surface area contributed by atoms with Crippen LogP contribution in [0.3, 0.4) is 0 Å². The van der Waals surface area contributed by atoms with E-state index >= 15 is 0 Å². The van der Waals surface area contributed by atoms with Gasteiger partial charge in [-0.3, -0.25) is 9.69 Å². The average Bonchev–Trinajstić information content (AvgIpc) is 3.44. The van der Waals surface area contributed by atoms with Crippen molar-refractivity contribution in [1.29, 1.82) is 0 Å². The van der Waals surface area contributed by atoms with Crippen LogP contribution < -0.4 is 4.90 Å². The quantitative estimate of drug-likeness (QED) is 0.213. The molecule has 9 nitrogen and oxygen atoms in total. The van der Waals surface area contributed by atoms with Crippen molar-refractivity contribution in [2.45, 2.75) is 61.9 Å². The Hall–Kier alpha value is -3.85.